The Morgan fingerprint density at radius 2 is 1.86 bits per heavy atom. The van der Waals surface area contributed by atoms with E-state index in [4.69, 9.17) is 5.73 Å². The molecule has 3 N–H and O–H groups in total. The first-order chi connectivity index (χ1) is 10.00. The van der Waals surface area contributed by atoms with Crippen molar-refractivity contribution in [2.75, 3.05) is 46.3 Å². The zero-order valence-electron chi connectivity index (χ0n) is 13.0. The fraction of sp³-hybridized carbons (Fsp3) is 0.562. The van der Waals surface area contributed by atoms with Gasteiger partial charge in [-0.1, -0.05) is 30.3 Å². The van der Waals surface area contributed by atoms with Gasteiger partial charge in [0, 0.05) is 39.3 Å². The molecule has 116 valence electrons. The summed E-state index contributed by atoms with van der Waals surface area (Å²) in [4.78, 5) is 17.0. The molecule has 1 amide bonds. The lowest BCUT2D eigenvalue weighted by molar-refractivity contribution is -0.126. The van der Waals surface area contributed by atoms with Gasteiger partial charge in [0.15, 0.2) is 0 Å². The van der Waals surface area contributed by atoms with Crippen LogP contribution in [0.5, 0.6) is 0 Å². The van der Waals surface area contributed by atoms with Crippen LogP contribution < -0.4 is 11.1 Å². The van der Waals surface area contributed by atoms with Crippen LogP contribution in [0.15, 0.2) is 30.3 Å². The number of piperazine rings is 1. The summed E-state index contributed by atoms with van der Waals surface area (Å²) in [6, 6.07) is 9.50. The Bertz CT molecular complexity index is 453. The summed E-state index contributed by atoms with van der Waals surface area (Å²) in [6.07, 6.45) is 0. The minimum absolute atomic E-state index is 0.122. The Morgan fingerprint density at radius 1 is 1.24 bits per heavy atom. The summed E-state index contributed by atoms with van der Waals surface area (Å²) in [5.41, 5.74) is 6.04. The van der Waals surface area contributed by atoms with Crippen LogP contribution in [0.25, 0.3) is 0 Å². The van der Waals surface area contributed by atoms with Gasteiger partial charge in [-0.25, -0.2) is 0 Å². The van der Waals surface area contributed by atoms with E-state index in [2.05, 4.69) is 22.2 Å². The SMILES string of the molecule is CN1CCN(CCNC(=O)C(C)(N)c2ccccc2)CC1. The van der Waals surface area contributed by atoms with E-state index in [0.717, 1.165) is 38.3 Å². The van der Waals surface area contributed by atoms with Gasteiger partial charge in [0.05, 0.1) is 0 Å². The van der Waals surface area contributed by atoms with Crippen LogP contribution in [0.4, 0.5) is 0 Å². The molecule has 0 aliphatic carbocycles. The molecule has 1 unspecified atom stereocenters. The molecule has 1 aromatic rings. The molecule has 21 heavy (non-hydrogen) atoms. The number of rotatable bonds is 5. The smallest absolute Gasteiger partial charge is 0.244 e. The predicted octanol–water partition coefficient (Wildman–Crippen LogP) is 0.224. The van der Waals surface area contributed by atoms with E-state index >= 15 is 0 Å². The maximum absolute atomic E-state index is 12.3. The van der Waals surface area contributed by atoms with Crippen LogP contribution in [0.1, 0.15) is 12.5 Å². The molecule has 0 spiro atoms. The second-order valence-electron chi connectivity index (χ2n) is 5.97. The Kier molecular flexibility index (Phi) is 5.33. The normalized spacial score (nSPS) is 20.0. The molecule has 2 rings (SSSR count). The van der Waals surface area contributed by atoms with Gasteiger partial charge in [-0.05, 0) is 19.5 Å². The Hall–Kier alpha value is -1.43. The van der Waals surface area contributed by atoms with Crippen molar-refractivity contribution in [1.82, 2.24) is 15.1 Å². The Balaban J connectivity index is 1.79. The van der Waals surface area contributed by atoms with Gasteiger partial charge in [-0.15, -0.1) is 0 Å². The molecule has 1 saturated heterocycles. The van der Waals surface area contributed by atoms with Gasteiger partial charge < -0.3 is 16.0 Å². The Morgan fingerprint density at radius 3 is 2.48 bits per heavy atom. The predicted molar refractivity (Wildman–Crippen MR) is 84.9 cm³/mol. The van der Waals surface area contributed by atoms with Crippen molar-refractivity contribution in [2.24, 2.45) is 5.73 Å². The van der Waals surface area contributed by atoms with E-state index in [9.17, 15) is 4.79 Å². The fourth-order valence-corrected chi connectivity index (χ4v) is 2.50. The number of amides is 1. The van der Waals surface area contributed by atoms with Gasteiger partial charge in [0.2, 0.25) is 5.91 Å². The van der Waals surface area contributed by atoms with Crippen LogP contribution in [-0.2, 0) is 10.3 Å². The first kappa shape index (κ1) is 15.9. The second kappa shape index (κ2) is 7.02. The van der Waals surface area contributed by atoms with Crippen molar-refractivity contribution in [2.45, 2.75) is 12.5 Å². The first-order valence-corrected chi connectivity index (χ1v) is 7.54. The van der Waals surface area contributed by atoms with E-state index in [1.165, 1.54) is 0 Å². The van der Waals surface area contributed by atoms with Crippen LogP contribution in [-0.4, -0.2) is 62.0 Å². The van der Waals surface area contributed by atoms with Crippen LogP contribution in [0, 0.1) is 0 Å². The molecular formula is C16H26N4O. The lowest BCUT2D eigenvalue weighted by Gasteiger charge is -2.32. The highest BCUT2D eigenvalue weighted by atomic mass is 16.2. The van der Waals surface area contributed by atoms with Crippen molar-refractivity contribution in [3.05, 3.63) is 35.9 Å². The molecule has 0 bridgehead atoms. The zero-order valence-corrected chi connectivity index (χ0v) is 13.0. The van der Waals surface area contributed by atoms with Gasteiger partial charge in [-0.3, -0.25) is 9.69 Å². The lowest BCUT2D eigenvalue weighted by Crippen LogP contribution is -2.51. The second-order valence-corrected chi connectivity index (χ2v) is 5.97. The molecule has 1 fully saturated rings. The third-order valence-corrected chi connectivity index (χ3v) is 4.15. The van der Waals surface area contributed by atoms with Gasteiger partial charge in [0.25, 0.3) is 0 Å². The van der Waals surface area contributed by atoms with E-state index in [0.29, 0.717) is 6.54 Å². The summed E-state index contributed by atoms with van der Waals surface area (Å²) in [5, 5.41) is 2.96. The lowest BCUT2D eigenvalue weighted by atomic mass is 9.92. The highest BCUT2D eigenvalue weighted by Crippen LogP contribution is 2.17. The number of nitrogens with one attached hydrogen (secondary N) is 1. The summed E-state index contributed by atoms with van der Waals surface area (Å²) >= 11 is 0. The minimum Gasteiger partial charge on any atom is -0.353 e. The molecule has 0 aromatic heterocycles. The van der Waals surface area contributed by atoms with Gasteiger partial charge in [0.1, 0.15) is 5.54 Å². The monoisotopic (exact) mass is 290 g/mol. The maximum atomic E-state index is 12.3. The van der Waals surface area contributed by atoms with Crippen molar-refractivity contribution >= 4 is 5.91 Å². The summed E-state index contributed by atoms with van der Waals surface area (Å²) in [6.45, 7) is 7.58. The van der Waals surface area contributed by atoms with E-state index in [1.807, 2.05) is 30.3 Å². The third kappa shape index (κ3) is 4.27. The number of nitrogens with two attached hydrogens (primary N) is 1. The molecular weight excluding hydrogens is 264 g/mol. The molecule has 1 atom stereocenters. The summed E-state index contributed by atoms with van der Waals surface area (Å²) in [7, 11) is 2.14. The van der Waals surface area contributed by atoms with E-state index < -0.39 is 5.54 Å². The number of hydrogen-bond donors (Lipinski definition) is 2. The number of likely N-dealkylation sites (N-methyl/N-ethyl adjacent to an activating group) is 1. The van der Waals surface area contributed by atoms with Gasteiger partial charge >= 0.3 is 0 Å². The molecule has 1 aromatic carbocycles. The quantitative estimate of drug-likeness (QED) is 0.815. The van der Waals surface area contributed by atoms with Crippen molar-refractivity contribution < 1.29 is 4.79 Å². The average Bonchev–Trinajstić information content (AvgIpc) is 2.50. The molecule has 1 aliphatic heterocycles. The summed E-state index contributed by atoms with van der Waals surface area (Å²) < 4.78 is 0. The Labute approximate surface area is 127 Å². The van der Waals surface area contributed by atoms with Crippen molar-refractivity contribution in [3.63, 3.8) is 0 Å². The van der Waals surface area contributed by atoms with Crippen molar-refractivity contribution in [1.29, 1.82) is 0 Å². The number of hydrogen-bond acceptors (Lipinski definition) is 4. The molecule has 5 nitrogen and oxygen atoms in total. The largest absolute Gasteiger partial charge is 0.353 e. The zero-order chi connectivity index (χ0) is 15.3. The molecule has 0 radical (unpaired) electrons. The number of carbonyl (C=O) groups excluding carboxylic acids is 1. The van der Waals surface area contributed by atoms with Crippen LogP contribution >= 0.6 is 0 Å². The maximum Gasteiger partial charge on any atom is 0.244 e. The van der Waals surface area contributed by atoms with Crippen LogP contribution in [0.3, 0.4) is 0 Å². The molecule has 5 heteroatoms. The van der Waals surface area contributed by atoms with Crippen molar-refractivity contribution in [3.8, 4) is 0 Å². The topological polar surface area (TPSA) is 61.6 Å². The molecule has 0 saturated carbocycles. The summed E-state index contributed by atoms with van der Waals surface area (Å²) in [5.74, 6) is -0.122. The van der Waals surface area contributed by atoms with E-state index in [1.54, 1.807) is 6.92 Å². The minimum atomic E-state index is -0.983. The average molecular weight is 290 g/mol. The fourth-order valence-electron chi connectivity index (χ4n) is 2.50. The number of nitrogens with zero attached hydrogens (tertiary/aromatic N) is 2. The molecule has 1 heterocycles. The first-order valence-electron chi connectivity index (χ1n) is 7.54. The third-order valence-electron chi connectivity index (χ3n) is 4.15. The number of carbonyl (C=O) groups is 1. The highest BCUT2D eigenvalue weighted by Gasteiger charge is 2.30. The standard InChI is InChI=1S/C16H26N4O/c1-16(17,14-6-4-3-5-7-14)15(21)18-8-9-20-12-10-19(2)11-13-20/h3-7H,8-13,17H2,1-2H3,(H,18,21). The number of benzene rings is 1. The van der Waals surface area contributed by atoms with Gasteiger partial charge in [-0.2, -0.15) is 0 Å². The van der Waals surface area contributed by atoms with E-state index in [-0.39, 0.29) is 5.91 Å². The van der Waals surface area contributed by atoms with Crippen LogP contribution in [0.2, 0.25) is 0 Å². The highest BCUT2D eigenvalue weighted by molar-refractivity contribution is 5.86. The molecule has 1 aliphatic rings.